The summed E-state index contributed by atoms with van der Waals surface area (Å²) in [5.74, 6) is 0.258. The molecule has 0 N–H and O–H groups in total. The third-order valence-electron chi connectivity index (χ3n) is 4.36. The Balaban J connectivity index is 1.59. The second-order valence-corrected chi connectivity index (χ2v) is 6.24. The number of amides is 1. The Morgan fingerprint density at radius 1 is 1.10 bits per heavy atom. The number of nitrogens with zero attached hydrogens (tertiary/aromatic N) is 3. The van der Waals surface area contributed by atoms with Crippen LogP contribution in [-0.4, -0.2) is 28.6 Å². The van der Waals surface area contributed by atoms with Crippen molar-refractivity contribution in [1.82, 2.24) is 9.97 Å². The SMILES string of the molecule is O=C(C=Cc1cncnc1N1C(=O)OC[C@H]1c1ccccc1)Oc1ccccc1. The number of rotatable bonds is 5. The average Bonchev–Trinajstić information content (AvgIpc) is 3.15. The minimum Gasteiger partial charge on any atom is -0.447 e. The van der Waals surface area contributed by atoms with Crippen LogP contribution in [0.15, 0.2) is 79.3 Å². The first-order chi connectivity index (χ1) is 14.2. The van der Waals surface area contributed by atoms with Gasteiger partial charge in [-0.15, -0.1) is 0 Å². The Morgan fingerprint density at radius 3 is 2.59 bits per heavy atom. The highest BCUT2D eigenvalue weighted by atomic mass is 16.6. The molecule has 2 heterocycles. The summed E-state index contributed by atoms with van der Waals surface area (Å²) in [5.41, 5.74) is 1.42. The number of hydrogen-bond acceptors (Lipinski definition) is 6. The van der Waals surface area contributed by atoms with E-state index < -0.39 is 12.1 Å². The molecule has 1 aliphatic heterocycles. The van der Waals surface area contributed by atoms with E-state index in [1.165, 1.54) is 29.6 Å². The standard InChI is InChI=1S/C22H17N3O4/c26-20(29-18-9-5-2-6-10-18)12-11-17-13-23-15-24-21(17)25-19(14-28-22(25)27)16-7-3-1-4-8-16/h1-13,15,19H,14H2/t19-/m0/s1. The Morgan fingerprint density at radius 2 is 1.83 bits per heavy atom. The van der Waals surface area contributed by atoms with Crippen molar-refractivity contribution in [3.05, 3.63) is 90.4 Å². The number of para-hydroxylation sites is 1. The van der Waals surface area contributed by atoms with Crippen LogP contribution in [0.2, 0.25) is 0 Å². The predicted molar refractivity (Wildman–Crippen MR) is 106 cm³/mol. The van der Waals surface area contributed by atoms with E-state index in [2.05, 4.69) is 9.97 Å². The number of carbonyl (C=O) groups is 2. The van der Waals surface area contributed by atoms with Crippen LogP contribution >= 0.6 is 0 Å². The van der Waals surface area contributed by atoms with E-state index in [-0.39, 0.29) is 12.6 Å². The summed E-state index contributed by atoms with van der Waals surface area (Å²) in [6, 6.07) is 18.0. The highest BCUT2D eigenvalue weighted by Crippen LogP contribution is 2.33. The molecule has 29 heavy (non-hydrogen) atoms. The Bertz CT molecular complexity index is 1040. The quantitative estimate of drug-likeness (QED) is 0.376. The topological polar surface area (TPSA) is 81.6 Å². The van der Waals surface area contributed by atoms with Gasteiger partial charge >= 0.3 is 12.1 Å². The van der Waals surface area contributed by atoms with Crippen LogP contribution < -0.4 is 9.64 Å². The lowest BCUT2D eigenvalue weighted by Gasteiger charge is -2.21. The largest absolute Gasteiger partial charge is 0.447 e. The molecule has 1 amide bonds. The van der Waals surface area contributed by atoms with Crippen molar-refractivity contribution in [1.29, 1.82) is 0 Å². The third kappa shape index (κ3) is 4.14. The highest BCUT2D eigenvalue weighted by Gasteiger charge is 2.37. The number of cyclic esters (lactones) is 1. The zero-order valence-electron chi connectivity index (χ0n) is 15.3. The molecule has 0 saturated carbocycles. The van der Waals surface area contributed by atoms with Gasteiger partial charge < -0.3 is 9.47 Å². The van der Waals surface area contributed by atoms with Crippen molar-refractivity contribution < 1.29 is 19.1 Å². The summed E-state index contributed by atoms with van der Waals surface area (Å²) < 4.78 is 10.5. The van der Waals surface area contributed by atoms with Crippen LogP contribution in [-0.2, 0) is 9.53 Å². The molecule has 1 fully saturated rings. The predicted octanol–water partition coefficient (Wildman–Crippen LogP) is 3.79. The Labute approximate surface area is 167 Å². The minimum absolute atomic E-state index is 0.214. The number of anilines is 1. The second-order valence-electron chi connectivity index (χ2n) is 6.24. The first-order valence-electron chi connectivity index (χ1n) is 8.98. The van der Waals surface area contributed by atoms with Crippen LogP contribution in [0.5, 0.6) is 5.75 Å². The maximum atomic E-state index is 12.4. The van der Waals surface area contributed by atoms with Crippen molar-refractivity contribution in [2.75, 3.05) is 11.5 Å². The average molecular weight is 387 g/mol. The van der Waals surface area contributed by atoms with Crippen molar-refractivity contribution in [2.45, 2.75) is 6.04 Å². The van der Waals surface area contributed by atoms with Gasteiger partial charge in [0.15, 0.2) is 0 Å². The fourth-order valence-electron chi connectivity index (χ4n) is 3.03. The van der Waals surface area contributed by atoms with Crippen molar-refractivity contribution >= 4 is 24.0 Å². The van der Waals surface area contributed by atoms with Crippen LogP contribution in [0.3, 0.4) is 0 Å². The molecular weight excluding hydrogens is 370 g/mol. The van der Waals surface area contributed by atoms with E-state index in [0.29, 0.717) is 17.1 Å². The van der Waals surface area contributed by atoms with E-state index in [1.54, 1.807) is 24.3 Å². The number of ether oxygens (including phenoxy) is 2. The molecular formula is C22H17N3O4. The first-order valence-corrected chi connectivity index (χ1v) is 8.98. The summed E-state index contributed by atoms with van der Waals surface area (Å²) in [4.78, 5) is 34.3. The normalized spacial score (nSPS) is 16.1. The van der Waals surface area contributed by atoms with Gasteiger partial charge in [0.2, 0.25) is 0 Å². The van der Waals surface area contributed by atoms with Gasteiger partial charge in [-0.3, -0.25) is 0 Å². The van der Waals surface area contributed by atoms with Gasteiger partial charge in [-0.1, -0.05) is 48.5 Å². The van der Waals surface area contributed by atoms with Gasteiger partial charge in [0.25, 0.3) is 0 Å². The summed E-state index contributed by atoms with van der Waals surface area (Å²) in [7, 11) is 0. The molecule has 1 aliphatic rings. The molecule has 1 aromatic heterocycles. The molecule has 7 nitrogen and oxygen atoms in total. The fourth-order valence-corrected chi connectivity index (χ4v) is 3.03. The molecule has 0 bridgehead atoms. The Kier molecular flexibility index (Phi) is 5.29. The molecule has 0 spiro atoms. The number of hydrogen-bond donors (Lipinski definition) is 0. The van der Waals surface area contributed by atoms with Gasteiger partial charge in [-0.2, -0.15) is 0 Å². The monoisotopic (exact) mass is 387 g/mol. The third-order valence-corrected chi connectivity index (χ3v) is 4.36. The minimum atomic E-state index is -0.547. The van der Waals surface area contributed by atoms with Gasteiger partial charge in [0, 0.05) is 17.8 Å². The molecule has 0 aliphatic carbocycles. The molecule has 7 heteroatoms. The molecule has 0 radical (unpaired) electrons. The molecule has 4 rings (SSSR count). The number of carbonyl (C=O) groups excluding carboxylic acids is 2. The Hall–Kier alpha value is -4.00. The second kappa shape index (κ2) is 8.35. The number of aromatic nitrogens is 2. The van der Waals surface area contributed by atoms with Gasteiger partial charge in [0.05, 0.1) is 0 Å². The van der Waals surface area contributed by atoms with Crippen LogP contribution in [0.25, 0.3) is 6.08 Å². The maximum absolute atomic E-state index is 12.4. The number of benzene rings is 2. The molecule has 1 saturated heterocycles. The van der Waals surface area contributed by atoms with E-state index >= 15 is 0 Å². The van der Waals surface area contributed by atoms with Gasteiger partial charge in [0.1, 0.15) is 30.5 Å². The number of esters is 1. The lowest BCUT2D eigenvalue weighted by molar-refractivity contribution is -0.128. The summed E-state index contributed by atoms with van der Waals surface area (Å²) in [6.45, 7) is 0.214. The van der Waals surface area contributed by atoms with Crippen molar-refractivity contribution in [3.8, 4) is 5.75 Å². The van der Waals surface area contributed by atoms with Gasteiger partial charge in [-0.25, -0.2) is 24.5 Å². The maximum Gasteiger partial charge on any atom is 0.416 e. The molecule has 144 valence electrons. The van der Waals surface area contributed by atoms with Crippen LogP contribution in [0.1, 0.15) is 17.2 Å². The first kappa shape index (κ1) is 18.4. The van der Waals surface area contributed by atoms with E-state index in [0.717, 1.165) is 5.56 Å². The summed E-state index contributed by atoms with van der Waals surface area (Å²) >= 11 is 0. The zero-order valence-corrected chi connectivity index (χ0v) is 15.3. The van der Waals surface area contributed by atoms with Crippen molar-refractivity contribution in [3.63, 3.8) is 0 Å². The molecule has 1 atom stereocenters. The smallest absolute Gasteiger partial charge is 0.416 e. The summed E-state index contributed by atoms with van der Waals surface area (Å²) in [5, 5.41) is 0. The molecule has 0 unspecified atom stereocenters. The van der Waals surface area contributed by atoms with Crippen LogP contribution in [0, 0.1) is 0 Å². The lowest BCUT2D eigenvalue weighted by atomic mass is 10.1. The van der Waals surface area contributed by atoms with Gasteiger partial charge in [-0.05, 0) is 23.8 Å². The summed E-state index contributed by atoms with van der Waals surface area (Å²) in [6.07, 6.45) is 5.17. The molecule has 2 aromatic carbocycles. The zero-order chi connectivity index (χ0) is 20.1. The van der Waals surface area contributed by atoms with Crippen LogP contribution in [0.4, 0.5) is 10.6 Å². The van der Waals surface area contributed by atoms with E-state index in [4.69, 9.17) is 9.47 Å². The lowest BCUT2D eigenvalue weighted by Crippen LogP contribution is -2.29. The highest BCUT2D eigenvalue weighted by molar-refractivity contribution is 5.94. The molecule has 3 aromatic rings. The van der Waals surface area contributed by atoms with Crippen molar-refractivity contribution in [2.24, 2.45) is 0 Å². The van der Waals surface area contributed by atoms with E-state index in [1.807, 2.05) is 36.4 Å². The fraction of sp³-hybridized carbons (Fsp3) is 0.0909. The van der Waals surface area contributed by atoms with E-state index in [9.17, 15) is 9.59 Å².